The Hall–Kier alpha value is -4.22. The summed E-state index contributed by atoms with van der Waals surface area (Å²) in [5.74, 6) is -0.547. The molecular weight excluding hydrogens is 625 g/mol. The first-order valence-corrected chi connectivity index (χ1v) is 16.6. The van der Waals surface area contributed by atoms with E-state index in [0.717, 1.165) is 56.2 Å². The Labute approximate surface area is 276 Å². The van der Waals surface area contributed by atoms with Gasteiger partial charge in [-0.3, -0.25) is 9.59 Å². The van der Waals surface area contributed by atoms with E-state index >= 15 is 0 Å². The van der Waals surface area contributed by atoms with Crippen molar-refractivity contribution in [1.29, 1.82) is 0 Å². The van der Waals surface area contributed by atoms with Gasteiger partial charge in [-0.1, -0.05) is 18.0 Å². The van der Waals surface area contributed by atoms with Crippen molar-refractivity contribution in [2.75, 3.05) is 13.2 Å². The molecule has 47 heavy (non-hydrogen) atoms. The molecule has 0 saturated heterocycles. The number of halogens is 2. The van der Waals surface area contributed by atoms with Crippen molar-refractivity contribution in [3.05, 3.63) is 75.8 Å². The van der Waals surface area contributed by atoms with Crippen molar-refractivity contribution in [2.45, 2.75) is 75.9 Å². The fraction of sp³-hybridized carbons (Fsp3) is 0.429. The number of nitrogens with one attached hydrogen (secondary N) is 1. The lowest BCUT2D eigenvalue weighted by Crippen LogP contribution is -2.49. The van der Waals surface area contributed by atoms with Gasteiger partial charge in [0.1, 0.15) is 29.0 Å². The highest BCUT2D eigenvalue weighted by atomic mass is 35.5. The Balaban J connectivity index is 1.25. The summed E-state index contributed by atoms with van der Waals surface area (Å²) < 4.78 is 28.0. The molecule has 3 aliphatic rings. The summed E-state index contributed by atoms with van der Waals surface area (Å²) in [4.78, 5) is 30.8. The van der Waals surface area contributed by atoms with E-state index in [-0.39, 0.29) is 53.9 Å². The van der Waals surface area contributed by atoms with E-state index in [1.54, 1.807) is 29.6 Å². The predicted molar refractivity (Wildman–Crippen MR) is 173 cm³/mol. The Morgan fingerprint density at radius 2 is 1.91 bits per heavy atom. The second-order valence-electron chi connectivity index (χ2n) is 12.9. The van der Waals surface area contributed by atoms with Crippen LogP contribution < -0.4 is 20.5 Å². The third-order valence-electron chi connectivity index (χ3n) is 9.26. The average Bonchev–Trinajstić information content (AvgIpc) is 3.95. The molecule has 0 aliphatic heterocycles. The van der Waals surface area contributed by atoms with Gasteiger partial charge in [-0.05, 0) is 87.8 Å². The smallest absolute Gasteiger partial charge is 0.251 e. The summed E-state index contributed by atoms with van der Waals surface area (Å²) in [5.41, 5.74) is 7.58. The molecule has 3 aliphatic carbocycles. The van der Waals surface area contributed by atoms with Gasteiger partial charge in [0.25, 0.3) is 5.91 Å². The van der Waals surface area contributed by atoms with E-state index in [0.29, 0.717) is 34.2 Å². The summed E-state index contributed by atoms with van der Waals surface area (Å²) in [6, 6.07) is 11.3. The number of aromatic nitrogens is 3. The van der Waals surface area contributed by atoms with Gasteiger partial charge in [0.15, 0.2) is 0 Å². The first-order chi connectivity index (χ1) is 22.6. The molecule has 1 aromatic carbocycles. The summed E-state index contributed by atoms with van der Waals surface area (Å²) in [6.07, 6.45) is 6.40. The summed E-state index contributed by atoms with van der Waals surface area (Å²) in [7, 11) is 0. The molecule has 7 rings (SSSR count). The minimum absolute atomic E-state index is 0.110. The number of benzene rings is 1. The van der Waals surface area contributed by atoms with Crippen molar-refractivity contribution in [3.8, 4) is 22.9 Å². The molecule has 1 atom stereocenters. The van der Waals surface area contributed by atoms with Crippen LogP contribution in [-0.2, 0) is 16.8 Å². The molecule has 246 valence electrons. The summed E-state index contributed by atoms with van der Waals surface area (Å²) in [5, 5.41) is 20.0. The number of nitrogens with zero attached hydrogens (tertiary/aromatic N) is 3. The van der Waals surface area contributed by atoms with Gasteiger partial charge in [-0.25, -0.2) is 13.9 Å². The molecule has 2 amide bonds. The quantitative estimate of drug-likeness (QED) is 0.173. The van der Waals surface area contributed by atoms with Crippen molar-refractivity contribution in [2.24, 2.45) is 11.7 Å². The topological polar surface area (TPSA) is 141 Å². The molecular formula is C35H37ClFN5O5. The molecule has 3 aromatic heterocycles. The van der Waals surface area contributed by atoms with Gasteiger partial charge in [0.2, 0.25) is 11.8 Å². The summed E-state index contributed by atoms with van der Waals surface area (Å²) in [6.45, 7) is 1.90. The number of carbonyl (C=O) groups is 2. The largest absolute Gasteiger partial charge is 0.491 e. The lowest BCUT2D eigenvalue weighted by Gasteiger charge is -2.41. The Bertz CT molecular complexity index is 1870. The molecule has 4 aromatic rings. The van der Waals surface area contributed by atoms with E-state index in [9.17, 15) is 19.1 Å². The van der Waals surface area contributed by atoms with Crippen LogP contribution in [0.15, 0.2) is 42.5 Å². The number of fused-ring (bicyclic) bond motifs is 1. The third-order valence-corrected chi connectivity index (χ3v) is 9.55. The molecule has 0 radical (unpaired) electrons. The monoisotopic (exact) mass is 661 g/mol. The van der Waals surface area contributed by atoms with Crippen LogP contribution in [0.5, 0.6) is 11.6 Å². The molecule has 3 fully saturated rings. The Morgan fingerprint density at radius 1 is 1.13 bits per heavy atom. The zero-order valence-corrected chi connectivity index (χ0v) is 26.9. The molecule has 0 unspecified atom stereocenters. The maximum absolute atomic E-state index is 14.1. The number of hydrogen-bond donors (Lipinski definition) is 3. The SMILES string of the molecule is CCOc1c(CC(N)=O)cc([C@@](O)(CNC(=O)c2cc(OC3CC3)n3nc(C4CC4)cc3c2)C2CCC2)nc1-c1ccc(F)c(Cl)c1. The number of pyridine rings is 2. The maximum Gasteiger partial charge on any atom is 0.251 e. The van der Waals surface area contributed by atoms with Crippen LogP contribution in [0.4, 0.5) is 4.39 Å². The zero-order valence-electron chi connectivity index (χ0n) is 26.1. The minimum Gasteiger partial charge on any atom is -0.491 e. The van der Waals surface area contributed by atoms with Gasteiger partial charge >= 0.3 is 0 Å². The highest BCUT2D eigenvalue weighted by Gasteiger charge is 2.44. The van der Waals surface area contributed by atoms with E-state index in [1.807, 2.05) is 6.07 Å². The predicted octanol–water partition coefficient (Wildman–Crippen LogP) is 5.45. The number of aliphatic hydroxyl groups is 1. The lowest BCUT2D eigenvalue weighted by molar-refractivity contribution is -0.117. The molecule has 0 bridgehead atoms. The van der Waals surface area contributed by atoms with Crippen LogP contribution >= 0.6 is 11.6 Å². The van der Waals surface area contributed by atoms with Gasteiger partial charge in [0.05, 0.1) is 41.5 Å². The molecule has 4 N–H and O–H groups in total. The van der Waals surface area contributed by atoms with Crippen LogP contribution in [0.1, 0.15) is 85.1 Å². The van der Waals surface area contributed by atoms with Crippen molar-refractivity contribution >= 4 is 28.9 Å². The molecule has 12 heteroatoms. The van der Waals surface area contributed by atoms with Crippen molar-refractivity contribution < 1.29 is 28.6 Å². The number of ether oxygens (including phenoxy) is 2. The second kappa shape index (κ2) is 12.4. The normalized spacial score (nSPS) is 17.6. The van der Waals surface area contributed by atoms with Crippen LogP contribution in [0, 0.1) is 11.7 Å². The number of carbonyl (C=O) groups excluding carboxylic acids is 2. The van der Waals surface area contributed by atoms with E-state index in [2.05, 4.69) is 5.32 Å². The number of rotatable bonds is 13. The first kappa shape index (κ1) is 31.4. The summed E-state index contributed by atoms with van der Waals surface area (Å²) >= 11 is 6.14. The van der Waals surface area contributed by atoms with E-state index in [1.165, 1.54) is 18.2 Å². The Kier molecular flexibility index (Phi) is 8.30. The van der Waals surface area contributed by atoms with Crippen LogP contribution in [0.25, 0.3) is 16.8 Å². The third kappa shape index (κ3) is 6.38. The fourth-order valence-corrected chi connectivity index (χ4v) is 6.34. The molecule has 3 saturated carbocycles. The van der Waals surface area contributed by atoms with Crippen LogP contribution in [-0.4, -0.2) is 50.8 Å². The average molecular weight is 662 g/mol. The maximum atomic E-state index is 14.1. The van der Waals surface area contributed by atoms with Crippen LogP contribution in [0.3, 0.4) is 0 Å². The highest BCUT2D eigenvalue weighted by Crippen LogP contribution is 2.45. The van der Waals surface area contributed by atoms with Gasteiger partial charge < -0.3 is 25.6 Å². The second-order valence-corrected chi connectivity index (χ2v) is 13.3. The van der Waals surface area contributed by atoms with Gasteiger partial charge in [0, 0.05) is 28.7 Å². The fourth-order valence-electron chi connectivity index (χ4n) is 6.16. The number of primary amides is 1. The standard InChI is InChI=1S/C35H37ClFN5O5/c1-2-46-33-21(15-30(38)43)14-29(40-32(33)20-8-11-27(37)26(36)13-20)35(45,23-4-3-5-23)18-39-34(44)22-12-24-17-28(19-6-7-19)41-42(24)31(16-22)47-25-9-10-25/h8,11-14,16-17,19,23,25,45H,2-7,9-10,15,18H2,1H3,(H2,38,43)(H,39,44)/t35-/m1/s1. The van der Waals surface area contributed by atoms with Crippen molar-refractivity contribution in [3.63, 3.8) is 0 Å². The highest BCUT2D eigenvalue weighted by molar-refractivity contribution is 6.31. The van der Waals surface area contributed by atoms with Crippen molar-refractivity contribution in [1.82, 2.24) is 19.9 Å². The number of hydrogen-bond acceptors (Lipinski definition) is 7. The first-order valence-electron chi connectivity index (χ1n) is 16.2. The van der Waals surface area contributed by atoms with Gasteiger partial charge in [-0.2, -0.15) is 5.10 Å². The molecule has 0 spiro atoms. The van der Waals surface area contributed by atoms with Crippen LogP contribution in [0.2, 0.25) is 5.02 Å². The lowest BCUT2D eigenvalue weighted by atomic mass is 9.70. The van der Waals surface area contributed by atoms with E-state index in [4.69, 9.17) is 36.9 Å². The number of nitrogens with two attached hydrogens (primary N) is 1. The molecule has 3 heterocycles. The number of amides is 2. The van der Waals surface area contributed by atoms with Gasteiger partial charge in [-0.15, -0.1) is 0 Å². The zero-order chi connectivity index (χ0) is 32.9. The molecule has 10 nitrogen and oxygen atoms in total. The Morgan fingerprint density at radius 3 is 2.55 bits per heavy atom. The minimum atomic E-state index is -1.60. The van der Waals surface area contributed by atoms with E-state index < -0.39 is 17.3 Å².